The van der Waals surface area contributed by atoms with Crippen LogP contribution < -0.4 is 0 Å². The summed E-state index contributed by atoms with van der Waals surface area (Å²) in [6.45, 7) is 1.28. The molecule has 4 nitrogen and oxygen atoms in total. The first kappa shape index (κ1) is 17.9. The maximum absolute atomic E-state index is 14.9. The first-order valence-corrected chi connectivity index (χ1v) is 11.4. The van der Waals surface area contributed by atoms with Crippen LogP contribution in [0, 0.1) is 11.7 Å². The highest BCUT2D eigenvalue weighted by Gasteiger charge is 2.53. The van der Waals surface area contributed by atoms with Gasteiger partial charge in [-0.05, 0) is 62.3 Å². The van der Waals surface area contributed by atoms with E-state index in [1.807, 2.05) is 6.07 Å². The van der Waals surface area contributed by atoms with Gasteiger partial charge in [0, 0.05) is 22.2 Å². The Morgan fingerprint density at radius 2 is 1.83 bits per heavy atom. The largest absolute Gasteiger partial charge is 0.348 e. The van der Waals surface area contributed by atoms with Crippen molar-refractivity contribution in [2.24, 2.45) is 5.92 Å². The molecule has 0 atom stereocenters. The molecular weight excluding hydrogens is 387 g/mol. The molecule has 2 aliphatic carbocycles. The molecule has 0 bridgehead atoms. The number of ether oxygens (including phenoxy) is 2. The Labute approximate surface area is 173 Å². The third-order valence-corrected chi connectivity index (χ3v) is 7.76. The van der Waals surface area contributed by atoms with Crippen LogP contribution >= 0.6 is 11.3 Å². The van der Waals surface area contributed by atoms with Crippen molar-refractivity contribution in [3.63, 3.8) is 0 Å². The molecule has 3 aromatic rings. The van der Waals surface area contributed by atoms with Gasteiger partial charge in [-0.3, -0.25) is 0 Å². The second-order valence-corrected chi connectivity index (χ2v) is 9.47. The molecular formula is C23H23FN2O2S. The van der Waals surface area contributed by atoms with E-state index in [0.717, 1.165) is 22.7 Å². The smallest absolute Gasteiger partial charge is 0.183 e. The summed E-state index contributed by atoms with van der Waals surface area (Å²) >= 11 is 1.48. The quantitative estimate of drug-likeness (QED) is 0.548. The predicted molar refractivity (Wildman–Crippen MR) is 110 cm³/mol. The lowest BCUT2D eigenvalue weighted by Gasteiger charge is -2.33. The zero-order chi connectivity index (χ0) is 19.4. The SMILES string of the molecule is Fc1cc(C2OCCCO2)ccc1-c1nc2ccc(C3(C4CCC4)CC3)nc2s1. The molecule has 3 aliphatic rings. The van der Waals surface area contributed by atoms with Crippen LogP contribution in [-0.2, 0) is 14.9 Å². The number of nitrogens with zero attached hydrogens (tertiary/aromatic N) is 2. The number of aromatic nitrogens is 2. The van der Waals surface area contributed by atoms with Gasteiger partial charge < -0.3 is 9.47 Å². The molecule has 1 saturated heterocycles. The standard InChI is InChI=1S/C23H23FN2O2S/c24-17-13-14(22-27-11-2-12-28-22)5-6-16(17)20-25-18-7-8-19(26-21(18)29-20)23(9-10-23)15-3-1-4-15/h5-8,13,15,22H,1-4,9-12H2. The number of halogens is 1. The number of pyridine rings is 1. The van der Waals surface area contributed by atoms with E-state index in [2.05, 4.69) is 17.1 Å². The number of benzene rings is 1. The first-order valence-electron chi connectivity index (χ1n) is 10.5. The third-order valence-electron chi connectivity index (χ3n) is 6.76. The fourth-order valence-corrected chi connectivity index (χ4v) is 5.68. The topological polar surface area (TPSA) is 44.2 Å². The molecule has 0 N–H and O–H groups in total. The van der Waals surface area contributed by atoms with E-state index in [-0.39, 0.29) is 5.82 Å². The Morgan fingerprint density at radius 3 is 2.52 bits per heavy atom. The van der Waals surface area contributed by atoms with E-state index >= 15 is 0 Å². The highest BCUT2D eigenvalue weighted by Crippen LogP contribution is 2.59. The Kier molecular flexibility index (Phi) is 4.22. The molecule has 3 heterocycles. The second kappa shape index (κ2) is 6.83. The minimum Gasteiger partial charge on any atom is -0.348 e. The van der Waals surface area contributed by atoms with Crippen LogP contribution in [-0.4, -0.2) is 23.2 Å². The summed E-state index contributed by atoms with van der Waals surface area (Å²) in [5.41, 5.74) is 3.59. The van der Waals surface area contributed by atoms with Crippen LogP contribution in [0.2, 0.25) is 0 Å². The van der Waals surface area contributed by atoms with Crippen LogP contribution in [0.15, 0.2) is 30.3 Å². The molecule has 2 aromatic heterocycles. The lowest BCUT2D eigenvalue weighted by atomic mass is 9.72. The van der Waals surface area contributed by atoms with Crippen LogP contribution in [0.5, 0.6) is 0 Å². The number of hydrogen-bond acceptors (Lipinski definition) is 5. The molecule has 1 aromatic carbocycles. The molecule has 0 spiro atoms. The Hall–Kier alpha value is -1.89. The molecule has 6 rings (SSSR count). The van der Waals surface area contributed by atoms with Crippen molar-refractivity contribution in [3.8, 4) is 10.6 Å². The van der Waals surface area contributed by atoms with Gasteiger partial charge in [-0.1, -0.05) is 23.8 Å². The monoisotopic (exact) mass is 410 g/mol. The van der Waals surface area contributed by atoms with E-state index in [1.165, 1.54) is 55.2 Å². The molecule has 2 saturated carbocycles. The van der Waals surface area contributed by atoms with Crippen molar-refractivity contribution in [2.75, 3.05) is 13.2 Å². The van der Waals surface area contributed by atoms with E-state index in [4.69, 9.17) is 14.5 Å². The zero-order valence-corrected chi connectivity index (χ0v) is 17.0. The third kappa shape index (κ3) is 3.00. The number of rotatable bonds is 4. The van der Waals surface area contributed by atoms with Crippen molar-refractivity contribution in [1.29, 1.82) is 0 Å². The van der Waals surface area contributed by atoms with E-state index in [0.29, 0.717) is 34.8 Å². The summed E-state index contributed by atoms with van der Waals surface area (Å²) in [6, 6.07) is 9.36. The van der Waals surface area contributed by atoms with E-state index in [1.54, 1.807) is 6.07 Å². The summed E-state index contributed by atoms with van der Waals surface area (Å²) in [7, 11) is 0. The van der Waals surface area contributed by atoms with Gasteiger partial charge in [-0.15, -0.1) is 0 Å². The minimum atomic E-state index is -0.479. The fourth-order valence-electron chi connectivity index (χ4n) is 4.71. The number of thiazole rings is 1. The van der Waals surface area contributed by atoms with Gasteiger partial charge in [0.25, 0.3) is 0 Å². The van der Waals surface area contributed by atoms with Crippen molar-refractivity contribution < 1.29 is 13.9 Å². The van der Waals surface area contributed by atoms with Crippen molar-refractivity contribution in [2.45, 2.75) is 50.2 Å². The van der Waals surface area contributed by atoms with Crippen LogP contribution in [0.3, 0.4) is 0 Å². The van der Waals surface area contributed by atoms with Crippen LogP contribution in [0.1, 0.15) is 56.1 Å². The summed E-state index contributed by atoms with van der Waals surface area (Å²) < 4.78 is 26.1. The second-order valence-electron chi connectivity index (χ2n) is 8.49. The van der Waals surface area contributed by atoms with Gasteiger partial charge in [0.05, 0.1) is 13.2 Å². The summed E-state index contributed by atoms with van der Waals surface area (Å²) in [4.78, 5) is 10.5. The fraction of sp³-hybridized carbons (Fsp3) is 0.478. The van der Waals surface area contributed by atoms with Crippen LogP contribution in [0.25, 0.3) is 20.9 Å². The Morgan fingerprint density at radius 1 is 1.00 bits per heavy atom. The molecule has 0 amide bonds. The molecule has 150 valence electrons. The lowest BCUT2D eigenvalue weighted by molar-refractivity contribution is -0.183. The number of hydrogen-bond donors (Lipinski definition) is 0. The average molecular weight is 411 g/mol. The van der Waals surface area contributed by atoms with Gasteiger partial charge in [-0.2, -0.15) is 0 Å². The maximum Gasteiger partial charge on any atom is 0.183 e. The molecule has 0 radical (unpaired) electrons. The normalized spacial score (nSPS) is 22.0. The highest BCUT2D eigenvalue weighted by molar-refractivity contribution is 7.21. The van der Waals surface area contributed by atoms with E-state index in [9.17, 15) is 4.39 Å². The zero-order valence-electron chi connectivity index (χ0n) is 16.2. The Bertz CT molecular complexity index is 1070. The molecule has 0 unspecified atom stereocenters. The minimum absolute atomic E-state index is 0.298. The summed E-state index contributed by atoms with van der Waals surface area (Å²) in [5, 5.41) is 0.674. The first-order chi connectivity index (χ1) is 14.2. The van der Waals surface area contributed by atoms with Gasteiger partial charge in [0.15, 0.2) is 6.29 Å². The van der Waals surface area contributed by atoms with Crippen LogP contribution in [0.4, 0.5) is 4.39 Å². The van der Waals surface area contributed by atoms with Gasteiger partial charge in [0.1, 0.15) is 21.2 Å². The summed E-state index contributed by atoms with van der Waals surface area (Å²) in [6.07, 6.45) is 6.92. The van der Waals surface area contributed by atoms with Gasteiger partial charge in [0.2, 0.25) is 0 Å². The molecule has 29 heavy (non-hydrogen) atoms. The molecule has 1 aliphatic heterocycles. The molecule has 3 fully saturated rings. The van der Waals surface area contributed by atoms with E-state index < -0.39 is 6.29 Å². The van der Waals surface area contributed by atoms with Gasteiger partial charge >= 0.3 is 0 Å². The highest BCUT2D eigenvalue weighted by atomic mass is 32.1. The maximum atomic E-state index is 14.9. The van der Waals surface area contributed by atoms with Crippen molar-refractivity contribution in [1.82, 2.24) is 9.97 Å². The predicted octanol–water partition coefficient (Wildman–Crippen LogP) is 5.76. The summed E-state index contributed by atoms with van der Waals surface area (Å²) in [5.74, 6) is 0.502. The lowest BCUT2D eigenvalue weighted by Crippen LogP contribution is -2.27. The van der Waals surface area contributed by atoms with Gasteiger partial charge in [-0.25, -0.2) is 14.4 Å². The Balaban J connectivity index is 1.32. The average Bonchev–Trinajstić information content (AvgIpc) is 3.37. The van der Waals surface area contributed by atoms with Crippen molar-refractivity contribution >= 4 is 21.7 Å². The number of fused-ring (bicyclic) bond motifs is 1. The molecule has 6 heteroatoms. The van der Waals surface area contributed by atoms with Crippen molar-refractivity contribution in [3.05, 3.63) is 47.4 Å².